The van der Waals surface area contributed by atoms with Crippen LogP contribution in [0.15, 0.2) is 47.2 Å². The minimum Gasteiger partial charge on any atom is -0.361 e. The molecule has 1 aliphatic carbocycles. The fourth-order valence-corrected chi connectivity index (χ4v) is 2.03. The van der Waals surface area contributed by atoms with Crippen LogP contribution in [0.5, 0.6) is 0 Å². The van der Waals surface area contributed by atoms with Crippen LogP contribution in [0.2, 0.25) is 0 Å². The Hall–Kier alpha value is -1.30. The van der Waals surface area contributed by atoms with Crippen molar-refractivity contribution in [1.82, 2.24) is 4.98 Å². The van der Waals surface area contributed by atoms with E-state index in [1.807, 2.05) is 0 Å². The lowest BCUT2D eigenvalue weighted by molar-refractivity contribution is -0.196. The monoisotopic (exact) mass is 309 g/mol. The summed E-state index contributed by atoms with van der Waals surface area (Å²) in [6, 6.07) is 3.58. The van der Waals surface area contributed by atoms with E-state index in [4.69, 9.17) is 4.74 Å². The van der Waals surface area contributed by atoms with Crippen molar-refractivity contribution in [1.29, 1.82) is 0 Å². The normalized spacial score (nSPS) is 26.8. The van der Waals surface area contributed by atoms with E-state index in [0.29, 0.717) is 6.29 Å². The predicted molar refractivity (Wildman–Crippen MR) is 69.7 cm³/mol. The summed E-state index contributed by atoms with van der Waals surface area (Å²) >= 11 is 3.26. The fourth-order valence-electron chi connectivity index (χ4n) is 1.62. The molecule has 2 unspecified atom stereocenters. The van der Waals surface area contributed by atoms with Gasteiger partial charge in [-0.25, -0.2) is 0 Å². The van der Waals surface area contributed by atoms with Crippen LogP contribution < -0.4 is 0 Å². The summed E-state index contributed by atoms with van der Waals surface area (Å²) in [6.45, 7) is 0.207. The van der Waals surface area contributed by atoms with Gasteiger partial charge in [-0.2, -0.15) is 0 Å². The lowest BCUT2D eigenvalue weighted by Crippen LogP contribution is -2.40. The molecule has 0 bridgehead atoms. The number of carbonyl (C=O) groups is 1. The van der Waals surface area contributed by atoms with Gasteiger partial charge in [0.2, 0.25) is 0 Å². The molecule has 1 heterocycles. The molecule has 1 aromatic rings. The molecule has 2 atom stereocenters. The first-order valence-electron chi connectivity index (χ1n) is 5.41. The Morgan fingerprint density at radius 3 is 2.89 bits per heavy atom. The number of carbonyl (C=O) groups excluding carboxylic acids is 1. The van der Waals surface area contributed by atoms with Gasteiger partial charge in [-0.05, 0) is 29.8 Å². The minimum atomic E-state index is -1.59. The number of aromatic nitrogens is 1. The number of allylic oxidation sites excluding steroid dienone is 2. The van der Waals surface area contributed by atoms with Crippen molar-refractivity contribution in [2.45, 2.75) is 12.4 Å². The van der Waals surface area contributed by atoms with Crippen LogP contribution >= 0.6 is 15.9 Å². The highest BCUT2D eigenvalue weighted by Crippen LogP contribution is 2.30. The first-order valence-corrected chi connectivity index (χ1v) is 6.20. The summed E-state index contributed by atoms with van der Waals surface area (Å²) < 4.78 is 6.20. The number of hydrogen-bond donors (Lipinski definition) is 1. The number of hydrogen-bond acceptors (Lipinski definition) is 4. The van der Waals surface area contributed by atoms with Gasteiger partial charge in [0.05, 0.1) is 12.5 Å². The van der Waals surface area contributed by atoms with Gasteiger partial charge in [0.25, 0.3) is 0 Å². The summed E-state index contributed by atoms with van der Waals surface area (Å²) in [7, 11) is 0. The molecule has 2 rings (SSSR count). The van der Waals surface area contributed by atoms with E-state index >= 15 is 0 Å². The highest BCUT2D eigenvalue weighted by molar-refractivity contribution is 9.11. The molecule has 5 heteroatoms. The van der Waals surface area contributed by atoms with E-state index in [-0.39, 0.29) is 6.61 Å². The third-order valence-corrected chi connectivity index (χ3v) is 3.19. The first kappa shape index (κ1) is 13.1. The smallest absolute Gasteiger partial charge is 0.199 e. The van der Waals surface area contributed by atoms with Crippen molar-refractivity contribution < 1.29 is 14.6 Å². The van der Waals surface area contributed by atoms with E-state index < -0.39 is 11.7 Å². The van der Waals surface area contributed by atoms with Gasteiger partial charge < -0.3 is 14.6 Å². The maximum atomic E-state index is 11.0. The Morgan fingerprint density at radius 2 is 2.22 bits per heavy atom. The van der Waals surface area contributed by atoms with E-state index in [9.17, 15) is 9.90 Å². The van der Waals surface area contributed by atoms with Gasteiger partial charge in [-0.3, -0.25) is 4.98 Å². The summed E-state index contributed by atoms with van der Waals surface area (Å²) in [4.78, 5) is 14.9. The summed E-state index contributed by atoms with van der Waals surface area (Å²) in [5.41, 5.74) is 0.880. The Kier molecular flexibility index (Phi) is 4.06. The van der Waals surface area contributed by atoms with Crippen molar-refractivity contribution >= 4 is 22.2 Å². The average Bonchev–Trinajstić information content (AvgIpc) is 2.41. The molecule has 0 saturated heterocycles. The Balaban J connectivity index is 2.08. The zero-order chi connectivity index (χ0) is 13.0. The van der Waals surface area contributed by atoms with E-state index in [0.717, 1.165) is 10.0 Å². The fraction of sp³-hybridized carbons (Fsp3) is 0.231. The molecule has 1 N–H and O–H groups in total. The average molecular weight is 310 g/mol. The van der Waals surface area contributed by atoms with Crippen LogP contribution in [0.4, 0.5) is 0 Å². The second-order valence-electron chi connectivity index (χ2n) is 3.94. The molecule has 94 valence electrons. The largest absolute Gasteiger partial charge is 0.361 e. The number of aliphatic hydroxyl groups is 1. The van der Waals surface area contributed by atoms with Crippen molar-refractivity contribution in [3.05, 3.63) is 52.8 Å². The highest BCUT2D eigenvalue weighted by Gasteiger charge is 2.36. The molecule has 4 nitrogen and oxygen atoms in total. The number of aldehydes is 1. The van der Waals surface area contributed by atoms with Crippen LogP contribution in [0.1, 0.15) is 5.56 Å². The van der Waals surface area contributed by atoms with E-state index in [1.54, 1.807) is 36.7 Å². The third-order valence-electron chi connectivity index (χ3n) is 2.66. The van der Waals surface area contributed by atoms with Gasteiger partial charge in [0.15, 0.2) is 5.79 Å². The zero-order valence-corrected chi connectivity index (χ0v) is 11.1. The Labute approximate surface area is 113 Å². The molecule has 0 fully saturated rings. The molecule has 0 radical (unpaired) electrons. The summed E-state index contributed by atoms with van der Waals surface area (Å²) in [5, 5.41) is 10.3. The summed E-state index contributed by atoms with van der Waals surface area (Å²) in [5.74, 6) is -2.32. The van der Waals surface area contributed by atoms with Crippen LogP contribution in [-0.2, 0) is 16.1 Å². The number of nitrogens with zero attached hydrogens (tertiary/aromatic N) is 1. The van der Waals surface area contributed by atoms with Crippen molar-refractivity contribution in [2.24, 2.45) is 5.92 Å². The van der Waals surface area contributed by atoms with Crippen molar-refractivity contribution in [3.63, 3.8) is 0 Å². The zero-order valence-electron chi connectivity index (χ0n) is 9.49. The SMILES string of the molecule is O=CC1C=C(Br)C=CC1(O)OCc1ccncc1. The van der Waals surface area contributed by atoms with Gasteiger partial charge in [-0.1, -0.05) is 22.0 Å². The number of rotatable bonds is 4. The maximum absolute atomic E-state index is 11.0. The molecule has 0 amide bonds. The molecule has 0 aromatic carbocycles. The number of halogens is 1. The van der Waals surface area contributed by atoms with Gasteiger partial charge >= 0.3 is 0 Å². The lowest BCUT2D eigenvalue weighted by Gasteiger charge is -2.30. The predicted octanol–water partition coefficient (Wildman–Crippen LogP) is 1.95. The Morgan fingerprint density at radius 1 is 1.50 bits per heavy atom. The standard InChI is InChI=1S/C13H12BrNO3/c14-12-1-4-13(17,11(7-12)8-16)18-9-10-2-5-15-6-3-10/h1-8,11,17H,9H2. The maximum Gasteiger partial charge on any atom is 0.199 e. The second-order valence-corrected chi connectivity index (χ2v) is 4.86. The van der Waals surface area contributed by atoms with Gasteiger partial charge in [-0.15, -0.1) is 0 Å². The second kappa shape index (κ2) is 5.56. The topological polar surface area (TPSA) is 59.4 Å². The van der Waals surface area contributed by atoms with Gasteiger partial charge in [0.1, 0.15) is 6.29 Å². The molecule has 18 heavy (non-hydrogen) atoms. The number of pyridine rings is 1. The molecule has 0 aliphatic heterocycles. The third kappa shape index (κ3) is 2.93. The first-order chi connectivity index (χ1) is 8.64. The Bertz CT molecular complexity index is 486. The molecule has 0 spiro atoms. The molecule has 1 aliphatic rings. The molecular weight excluding hydrogens is 298 g/mol. The molecule has 1 aromatic heterocycles. The lowest BCUT2D eigenvalue weighted by atomic mass is 9.95. The minimum absolute atomic E-state index is 0.207. The van der Waals surface area contributed by atoms with Crippen molar-refractivity contribution in [2.75, 3.05) is 0 Å². The molecule has 0 saturated carbocycles. The van der Waals surface area contributed by atoms with Crippen LogP contribution in [0, 0.1) is 5.92 Å². The van der Waals surface area contributed by atoms with Crippen LogP contribution in [-0.4, -0.2) is 22.2 Å². The molecular formula is C13H12BrNO3. The van der Waals surface area contributed by atoms with Crippen LogP contribution in [0.3, 0.4) is 0 Å². The summed E-state index contributed by atoms with van der Waals surface area (Å²) in [6.07, 6.45) is 8.70. The van der Waals surface area contributed by atoms with Gasteiger partial charge in [0, 0.05) is 16.9 Å². The number of ether oxygens (including phenoxy) is 1. The quantitative estimate of drug-likeness (QED) is 0.682. The highest BCUT2D eigenvalue weighted by atomic mass is 79.9. The van der Waals surface area contributed by atoms with E-state index in [2.05, 4.69) is 20.9 Å². The van der Waals surface area contributed by atoms with Crippen molar-refractivity contribution in [3.8, 4) is 0 Å². The van der Waals surface area contributed by atoms with E-state index in [1.165, 1.54) is 6.08 Å². The van der Waals surface area contributed by atoms with Crippen LogP contribution in [0.25, 0.3) is 0 Å².